The molecule has 0 radical (unpaired) electrons. The third-order valence-corrected chi connectivity index (χ3v) is 9.86. The zero-order valence-corrected chi connectivity index (χ0v) is 17.1. The lowest BCUT2D eigenvalue weighted by atomic mass is 9.44. The topological polar surface area (TPSA) is 37.3 Å². The van der Waals surface area contributed by atoms with Crippen LogP contribution >= 0.6 is 0 Å². The van der Waals surface area contributed by atoms with E-state index in [0.717, 1.165) is 44.9 Å². The lowest BCUT2D eigenvalue weighted by Crippen LogP contribution is -2.54. The van der Waals surface area contributed by atoms with Gasteiger partial charge in [-0.3, -0.25) is 4.79 Å². The van der Waals surface area contributed by atoms with Crippen molar-refractivity contribution in [2.24, 2.45) is 45.8 Å². The van der Waals surface area contributed by atoms with Crippen LogP contribution in [0.2, 0.25) is 0 Å². The molecule has 0 spiro atoms. The van der Waals surface area contributed by atoms with E-state index in [9.17, 15) is 18.7 Å². The van der Waals surface area contributed by atoms with Gasteiger partial charge in [-0.2, -0.15) is 0 Å². The Morgan fingerprint density at radius 2 is 1.63 bits per heavy atom. The summed E-state index contributed by atoms with van der Waals surface area (Å²) in [5.41, 5.74) is -0.717. The quantitative estimate of drug-likeness (QED) is 0.702. The Hall–Kier alpha value is -0.510. The molecule has 4 aliphatic rings. The van der Waals surface area contributed by atoms with Crippen molar-refractivity contribution in [3.05, 3.63) is 0 Å². The number of rotatable bonds is 3. The van der Waals surface area contributed by atoms with Gasteiger partial charge in [0.25, 0.3) is 0 Å². The van der Waals surface area contributed by atoms with E-state index in [-0.39, 0.29) is 29.1 Å². The average molecular weight is 383 g/mol. The third kappa shape index (κ3) is 2.83. The second-order valence-corrected chi connectivity index (χ2v) is 11.2. The summed E-state index contributed by atoms with van der Waals surface area (Å²) in [5.74, 6) is 2.49. The number of ketones is 1. The lowest BCUT2D eigenvalue weighted by molar-refractivity contribution is -0.148. The van der Waals surface area contributed by atoms with Gasteiger partial charge >= 0.3 is 0 Å². The van der Waals surface area contributed by atoms with Crippen molar-refractivity contribution in [2.75, 3.05) is 6.61 Å². The number of fused-ring (bicyclic) bond motifs is 5. The first-order valence-electron chi connectivity index (χ1n) is 11.1. The lowest BCUT2D eigenvalue weighted by Gasteiger charge is -2.61. The third-order valence-electron chi connectivity index (χ3n) is 9.86. The summed E-state index contributed by atoms with van der Waals surface area (Å²) in [5, 5.41) is 9.40. The highest BCUT2D eigenvalue weighted by molar-refractivity contribution is 5.83. The molecule has 0 amide bonds. The van der Waals surface area contributed by atoms with E-state index in [1.54, 1.807) is 6.92 Å². The number of Topliss-reactive ketones (excluding diaryl/α,β-unsaturated/α-hetero) is 1. The number of aliphatic hydroxyl groups is 1. The second-order valence-electron chi connectivity index (χ2n) is 11.2. The van der Waals surface area contributed by atoms with E-state index >= 15 is 0 Å². The molecule has 154 valence electrons. The summed E-state index contributed by atoms with van der Waals surface area (Å²) >= 11 is 0. The first kappa shape index (κ1) is 19.8. The van der Waals surface area contributed by atoms with E-state index < -0.39 is 11.8 Å². The smallest absolute Gasteiger partial charge is 0.243 e. The molecule has 4 heteroatoms. The predicted molar refractivity (Wildman–Crippen MR) is 101 cm³/mol. The zero-order chi connectivity index (χ0) is 19.6. The highest BCUT2D eigenvalue weighted by Crippen LogP contribution is 2.68. The number of carbonyl (C=O) groups is 1. The van der Waals surface area contributed by atoms with Gasteiger partial charge in [0.05, 0.1) is 0 Å². The molecule has 0 bridgehead atoms. The number of alkyl halides is 2. The van der Waals surface area contributed by atoms with E-state index in [0.29, 0.717) is 36.5 Å². The molecule has 0 heterocycles. The molecule has 1 N–H and O–H groups in total. The Kier molecular flexibility index (Phi) is 4.77. The van der Waals surface area contributed by atoms with Crippen LogP contribution in [0.1, 0.15) is 78.6 Å². The maximum absolute atomic E-state index is 13.7. The molecule has 0 saturated heterocycles. The Balaban J connectivity index is 1.56. The molecule has 8 atom stereocenters. The largest absolute Gasteiger partial charge is 0.389 e. The van der Waals surface area contributed by atoms with E-state index in [4.69, 9.17) is 0 Å². The number of halogens is 2. The molecule has 0 aliphatic heterocycles. The number of hydrogen-bond acceptors (Lipinski definition) is 2. The first-order valence-corrected chi connectivity index (χ1v) is 11.1. The molecule has 4 fully saturated rings. The van der Waals surface area contributed by atoms with Crippen LogP contribution in [0.25, 0.3) is 0 Å². The standard InChI is InChI=1S/C23H36F2O2/c1-21-9-6-15-14(16(21)8-10-22(2,13-21)20(24)25)7-11-23(3)17(15)4-5-18(23)19(27)12-26/h14-18,20,26H,4-13H2,1-3H3/t14-,15+,16+,17-,18+,21+,22-,23-/m0/s1. The molecular weight excluding hydrogens is 346 g/mol. The fourth-order valence-corrected chi connectivity index (χ4v) is 8.53. The van der Waals surface area contributed by atoms with Gasteiger partial charge in [0, 0.05) is 11.3 Å². The van der Waals surface area contributed by atoms with Gasteiger partial charge in [0.1, 0.15) is 6.61 Å². The number of aliphatic hydroxyl groups excluding tert-OH is 1. The summed E-state index contributed by atoms with van der Waals surface area (Å²) in [6.45, 7) is 6.05. The van der Waals surface area contributed by atoms with Crippen LogP contribution in [0.4, 0.5) is 8.78 Å². The minimum absolute atomic E-state index is 0.0234. The molecular formula is C23H36F2O2. The van der Waals surface area contributed by atoms with Gasteiger partial charge in [-0.15, -0.1) is 0 Å². The Morgan fingerprint density at radius 1 is 0.963 bits per heavy atom. The van der Waals surface area contributed by atoms with Crippen LogP contribution in [0.5, 0.6) is 0 Å². The van der Waals surface area contributed by atoms with Gasteiger partial charge < -0.3 is 5.11 Å². The molecule has 0 aromatic rings. The van der Waals surface area contributed by atoms with E-state index in [1.165, 1.54) is 0 Å². The van der Waals surface area contributed by atoms with Crippen molar-refractivity contribution >= 4 is 5.78 Å². The monoisotopic (exact) mass is 382 g/mol. The molecule has 4 saturated carbocycles. The fourth-order valence-electron chi connectivity index (χ4n) is 8.53. The zero-order valence-electron chi connectivity index (χ0n) is 17.1. The second kappa shape index (κ2) is 6.50. The van der Waals surface area contributed by atoms with E-state index in [1.807, 2.05) is 0 Å². The summed E-state index contributed by atoms with van der Waals surface area (Å²) in [7, 11) is 0. The molecule has 0 aromatic carbocycles. The average Bonchev–Trinajstić information content (AvgIpc) is 2.97. The van der Waals surface area contributed by atoms with Crippen molar-refractivity contribution in [1.29, 1.82) is 0 Å². The van der Waals surface area contributed by atoms with Crippen LogP contribution in [-0.4, -0.2) is 23.9 Å². The van der Waals surface area contributed by atoms with Crippen molar-refractivity contribution in [3.63, 3.8) is 0 Å². The number of hydrogen-bond donors (Lipinski definition) is 1. The normalized spacial score (nSPS) is 52.2. The summed E-state index contributed by atoms with van der Waals surface area (Å²) < 4.78 is 27.4. The van der Waals surface area contributed by atoms with Crippen LogP contribution in [-0.2, 0) is 4.79 Å². The fraction of sp³-hybridized carbons (Fsp3) is 0.957. The molecule has 4 aliphatic carbocycles. The summed E-state index contributed by atoms with van der Waals surface area (Å²) in [4.78, 5) is 12.3. The van der Waals surface area contributed by atoms with Gasteiger partial charge in [0.2, 0.25) is 6.43 Å². The maximum Gasteiger partial charge on any atom is 0.243 e. The maximum atomic E-state index is 13.7. The van der Waals surface area contributed by atoms with Crippen LogP contribution < -0.4 is 0 Å². The first-order chi connectivity index (χ1) is 12.6. The molecule has 27 heavy (non-hydrogen) atoms. The van der Waals surface area contributed by atoms with Crippen molar-refractivity contribution in [2.45, 2.75) is 85.0 Å². The highest BCUT2D eigenvalue weighted by Gasteiger charge is 2.61. The predicted octanol–water partition coefficient (Wildman–Crippen LogP) is 5.48. The summed E-state index contributed by atoms with van der Waals surface area (Å²) in [6.07, 6.45) is 6.47. The SMILES string of the molecule is C[C@]1(C(F)F)CC[C@@H]2[C@H]3CC[C@]4(C)[C@@H](C(=O)CO)CC[C@H]4[C@@H]3CC[C@]2(C)C1. The van der Waals surface area contributed by atoms with Gasteiger partial charge in [-0.05, 0) is 92.3 Å². The van der Waals surface area contributed by atoms with Crippen LogP contribution in [0, 0.1) is 45.8 Å². The minimum atomic E-state index is -2.22. The van der Waals surface area contributed by atoms with Crippen molar-refractivity contribution in [1.82, 2.24) is 0 Å². The van der Waals surface area contributed by atoms with Crippen molar-refractivity contribution in [3.8, 4) is 0 Å². The molecule has 0 aromatic heterocycles. The molecule has 4 rings (SSSR count). The van der Waals surface area contributed by atoms with Crippen LogP contribution in [0.3, 0.4) is 0 Å². The minimum Gasteiger partial charge on any atom is -0.389 e. The highest BCUT2D eigenvalue weighted by atomic mass is 19.3. The molecule has 0 unspecified atom stereocenters. The summed E-state index contributed by atoms with van der Waals surface area (Å²) in [6, 6.07) is 0. The Labute approximate surface area is 162 Å². The van der Waals surface area contributed by atoms with Crippen molar-refractivity contribution < 1.29 is 18.7 Å². The van der Waals surface area contributed by atoms with Gasteiger partial charge in [-0.1, -0.05) is 20.8 Å². The Bertz CT molecular complexity index is 607. The Morgan fingerprint density at radius 3 is 2.30 bits per heavy atom. The van der Waals surface area contributed by atoms with E-state index in [2.05, 4.69) is 13.8 Å². The number of carbonyl (C=O) groups excluding carboxylic acids is 1. The van der Waals surface area contributed by atoms with Crippen LogP contribution in [0.15, 0.2) is 0 Å². The van der Waals surface area contributed by atoms with Gasteiger partial charge in [0.15, 0.2) is 5.78 Å². The van der Waals surface area contributed by atoms with Gasteiger partial charge in [-0.25, -0.2) is 8.78 Å². The molecule has 2 nitrogen and oxygen atoms in total.